The van der Waals surface area contributed by atoms with Gasteiger partial charge in [-0.2, -0.15) is 0 Å². The van der Waals surface area contributed by atoms with Gasteiger partial charge in [-0.3, -0.25) is 4.79 Å². The third-order valence-electron chi connectivity index (χ3n) is 2.37. The van der Waals surface area contributed by atoms with E-state index in [1.54, 1.807) is 18.2 Å². The quantitative estimate of drug-likeness (QED) is 0.406. The SMILES string of the molecule is N[C@@H](CNC(=O)P(=O)(O)O)CNS(=O)(=O)c1ccccc1. The molecule has 1 aromatic carbocycles. The Balaban J connectivity index is 2.48. The molecule has 0 saturated heterocycles. The first-order valence-corrected chi connectivity index (χ1v) is 8.87. The summed E-state index contributed by atoms with van der Waals surface area (Å²) in [7, 11) is -8.58. The minimum absolute atomic E-state index is 0.0662. The molecule has 0 heterocycles. The fourth-order valence-corrected chi connectivity index (χ4v) is 2.71. The molecule has 0 aromatic heterocycles. The number of hydrogen-bond acceptors (Lipinski definition) is 5. The number of sulfonamides is 1. The molecule has 0 unspecified atom stereocenters. The Hall–Kier alpha value is -1.29. The van der Waals surface area contributed by atoms with Gasteiger partial charge in [0, 0.05) is 19.1 Å². The standard InChI is InChI=1S/C10H16N3O6PS/c11-8(6-12-10(14)20(15,16)17)7-13-21(18,19)9-4-2-1-3-5-9/h1-5,8,13H,6-7,11H2,(H,12,14)(H2,15,16,17)/t8-/m0/s1. The van der Waals surface area contributed by atoms with Crippen LogP contribution in [0.1, 0.15) is 0 Å². The molecule has 0 spiro atoms. The highest BCUT2D eigenvalue weighted by Gasteiger charge is 2.25. The average Bonchev–Trinajstić information content (AvgIpc) is 2.42. The van der Waals surface area contributed by atoms with E-state index < -0.39 is 29.3 Å². The Morgan fingerprint density at radius 2 is 1.81 bits per heavy atom. The van der Waals surface area contributed by atoms with E-state index in [1.165, 1.54) is 12.1 Å². The summed E-state index contributed by atoms with van der Waals surface area (Å²) in [6, 6.07) is 6.78. The van der Waals surface area contributed by atoms with E-state index in [2.05, 4.69) is 4.72 Å². The third kappa shape index (κ3) is 5.92. The molecule has 1 aromatic rings. The Morgan fingerprint density at radius 3 is 2.33 bits per heavy atom. The van der Waals surface area contributed by atoms with Gasteiger partial charge in [-0.05, 0) is 12.1 Å². The monoisotopic (exact) mass is 337 g/mol. The summed E-state index contributed by atoms with van der Waals surface area (Å²) in [6.45, 7) is -0.472. The average molecular weight is 337 g/mol. The van der Waals surface area contributed by atoms with E-state index in [-0.39, 0.29) is 18.0 Å². The van der Waals surface area contributed by atoms with Gasteiger partial charge in [-0.15, -0.1) is 0 Å². The van der Waals surface area contributed by atoms with E-state index >= 15 is 0 Å². The molecule has 9 nitrogen and oxygen atoms in total. The van der Waals surface area contributed by atoms with Crippen molar-refractivity contribution in [3.05, 3.63) is 30.3 Å². The van der Waals surface area contributed by atoms with E-state index in [9.17, 15) is 17.8 Å². The number of rotatable bonds is 7. The summed E-state index contributed by atoms with van der Waals surface area (Å²) in [5.41, 5.74) is 4.10. The molecule has 1 atom stereocenters. The van der Waals surface area contributed by atoms with Crippen molar-refractivity contribution in [2.45, 2.75) is 10.9 Å². The molecule has 6 N–H and O–H groups in total. The van der Waals surface area contributed by atoms with Crippen LogP contribution in [0.15, 0.2) is 35.2 Å². The van der Waals surface area contributed by atoms with Crippen LogP contribution in [0, 0.1) is 0 Å². The minimum Gasteiger partial charge on any atom is -0.344 e. The number of amides is 1. The van der Waals surface area contributed by atoms with E-state index in [1.807, 2.05) is 5.32 Å². The summed E-state index contributed by atoms with van der Waals surface area (Å²) in [6.07, 6.45) is 0. The van der Waals surface area contributed by atoms with Gasteiger partial charge < -0.3 is 20.8 Å². The molecule has 0 fully saturated rings. The predicted octanol–water partition coefficient (Wildman–Crippen LogP) is -0.820. The van der Waals surface area contributed by atoms with Crippen LogP contribution in [0.5, 0.6) is 0 Å². The van der Waals surface area contributed by atoms with Crippen LogP contribution >= 0.6 is 7.60 Å². The maximum absolute atomic E-state index is 11.9. The molecule has 0 radical (unpaired) electrons. The van der Waals surface area contributed by atoms with Crippen LogP contribution in [0.25, 0.3) is 0 Å². The molecule has 0 bridgehead atoms. The summed E-state index contributed by atoms with van der Waals surface area (Å²) in [5.74, 6) is 0. The van der Waals surface area contributed by atoms with Crippen LogP contribution in [-0.2, 0) is 14.6 Å². The predicted molar refractivity (Wildman–Crippen MR) is 75.0 cm³/mol. The number of nitrogens with one attached hydrogen (secondary N) is 2. The van der Waals surface area contributed by atoms with Crippen molar-refractivity contribution < 1.29 is 27.6 Å². The minimum atomic E-state index is -4.86. The van der Waals surface area contributed by atoms with E-state index in [0.717, 1.165) is 0 Å². The highest BCUT2D eigenvalue weighted by atomic mass is 32.2. The highest BCUT2D eigenvalue weighted by molar-refractivity contribution is 7.89. The second-order valence-corrected chi connectivity index (χ2v) is 7.42. The zero-order chi connectivity index (χ0) is 16.1. The van der Waals surface area contributed by atoms with Crippen LogP contribution in [0.3, 0.4) is 0 Å². The third-order valence-corrected chi connectivity index (χ3v) is 4.50. The van der Waals surface area contributed by atoms with Crippen LogP contribution < -0.4 is 15.8 Å². The highest BCUT2D eigenvalue weighted by Crippen LogP contribution is 2.34. The second-order valence-electron chi connectivity index (χ2n) is 4.16. The lowest BCUT2D eigenvalue weighted by Crippen LogP contribution is -2.44. The first-order valence-electron chi connectivity index (χ1n) is 5.77. The van der Waals surface area contributed by atoms with Gasteiger partial charge in [0.2, 0.25) is 10.0 Å². The molecule has 1 rings (SSSR count). The zero-order valence-electron chi connectivity index (χ0n) is 10.8. The molecule has 11 heteroatoms. The lowest BCUT2D eigenvalue weighted by molar-refractivity contribution is 0.248. The summed E-state index contributed by atoms with van der Waals surface area (Å²) in [4.78, 5) is 28.1. The first-order chi connectivity index (χ1) is 9.63. The summed E-state index contributed by atoms with van der Waals surface area (Å²) in [5, 5.41) is 1.94. The molecule has 0 saturated carbocycles. The fourth-order valence-electron chi connectivity index (χ4n) is 1.29. The van der Waals surface area contributed by atoms with Gasteiger partial charge in [-0.1, -0.05) is 18.2 Å². The number of carbonyl (C=O) groups is 1. The first kappa shape index (κ1) is 17.8. The normalized spacial score (nSPS) is 13.7. The second kappa shape index (κ2) is 7.12. The molecule has 0 aliphatic rings. The lowest BCUT2D eigenvalue weighted by Gasteiger charge is -2.14. The van der Waals surface area contributed by atoms with Crippen molar-refractivity contribution in [3.63, 3.8) is 0 Å². The van der Waals surface area contributed by atoms with Crippen molar-refractivity contribution in [3.8, 4) is 0 Å². The smallest absolute Gasteiger partial charge is 0.344 e. The molecule has 21 heavy (non-hydrogen) atoms. The van der Waals surface area contributed by atoms with Crippen molar-refractivity contribution in [2.24, 2.45) is 5.73 Å². The molecular formula is C10H16N3O6PS. The van der Waals surface area contributed by atoms with Gasteiger partial charge in [-0.25, -0.2) is 17.7 Å². The number of hydrogen-bond donors (Lipinski definition) is 5. The molecule has 0 aliphatic carbocycles. The molecule has 118 valence electrons. The van der Waals surface area contributed by atoms with Gasteiger partial charge in [0.15, 0.2) is 0 Å². The molecular weight excluding hydrogens is 321 g/mol. The number of benzene rings is 1. The van der Waals surface area contributed by atoms with Crippen LogP contribution in [-0.4, -0.2) is 43.0 Å². The van der Waals surface area contributed by atoms with Crippen molar-refractivity contribution in [1.82, 2.24) is 10.0 Å². The maximum atomic E-state index is 11.9. The zero-order valence-corrected chi connectivity index (χ0v) is 12.5. The largest absolute Gasteiger partial charge is 0.413 e. The topological polar surface area (TPSA) is 159 Å². The number of carbonyl (C=O) groups excluding carboxylic acids is 1. The van der Waals surface area contributed by atoms with Crippen molar-refractivity contribution in [1.29, 1.82) is 0 Å². The van der Waals surface area contributed by atoms with Crippen LogP contribution in [0.2, 0.25) is 0 Å². The van der Waals surface area contributed by atoms with E-state index in [4.69, 9.17) is 15.5 Å². The maximum Gasteiger partial charge on any atom is 0.413 e. The fraction of sp³-hybridized carbons (Fsp3) is 0.300. The van der Waals surface area contributed by atoms with Crippen molar-refractivity contribution >= 4 is 23.3 Å². The lowest BCUT2D eigenvalue weighted by atomic mass is 10.3. The number of nitrogens with two attached hydrogens (primary N) is 1. The Morgan fingerprint density at radius 1 is 1.24 bits per heavy atom. The molecule has 1 amide bonds. The Kier molecular flexibility index (Phi) is 6.02. The van der Waals surface area contributed by atoms with Gasteiger partial charge >= 0.3 is 13.2 Å². The van der Waals surface area contributed by atoms with Crippen LogP contribution in [0.4, 0.5) is 4.79 Å². The summed E-state index contributed by atoms with van der Waals surface area (Å²) < 4.78 is 36.5. The van der Waals surface area contributed by atoms with E-state index in [0.29, 0.717) is 0 Å². The molecule has 0 aliphatic heterocycles. The van der Waals surface area contributed by atoms with Gasteiger partial charge in [0.1, 0.15) is 0 Å². The Bertz CT molecular complexity index is 629. The van der Waals surface area contributed by atoms with Gasteiger partial charge in [0.25, 0.3) is 0 Å². The Labute approximate surface area is 121 Å². The van der Waals surface area contributed by atoms with Crippen molar-refractivity contribution in [2.75, 3.05) is 13.1 Å². The van der Waals surface area contributed by atoms with Gasteiger partial charge in [0.05, 0.1) is 4.90 Å². The summed E-state index contributed by atoms with van der Waals surface area (Å²) >= 11 is 0.